The molecule has 0 saturated carbocycles. The predicted molar refractivity (Wildman–Crippen MR) is 97.6 cm³/mol. The van der Waals surface area contributed by atoms with Crippen LogP contribution in [0.2, 0.25) is 5.02 Å². The first kappa shape index (κ1) is 17.2. The molecule has 0 unspecified atom stereocenters. The summed E-state index contributed by atoms with van der Waals surface area (Å²) >= 11 is 6.28. The summed E-state index contributed by atoms with van der Waals surface area (Å²) in [6.07, 6.45) is 0. The van der Waals surface area contributed by atoms with Crippen LogP contribution in [0.1, 0.15) is 19.4 Å². The number of rotatable bonds is 5. The van der Waals surface area contributed by atoms with Gasteiger partial charge in [0.05, 0.1) is 19.3 Å². The lowest BCUT2D eigenvalue weighted by Gasteiger charge is -2.24. The number of hydrogen-bond acceptors (Lipinski definition) is 2. The van der Waals surface area contributed by atoms with Crippen LogP contribution >= 0.6 is 11.6 Å². The maximum Gasteiger partial charge on any atom is 0.193 e. The van der Waals surface area contributed by atoms with Crippen molar-refractivity contribution in [2.45, 2.75) is 19.3 Å². The lowest BCUT2D eigenvalue weighted by atomic mass is 9.85. The van der Waals surface area contributed by atoms with Crippen LogP contribution in [0.15, 0.2) is 53.5 Å². The Labute approximate surface area is 142 Å². The van der Waals surface area contributed by atoms with E-state index in [9.17, 15) is 0 Å². The predicted octanol–water partition coefficient (Wildman–Crippen LogP) is 4.05. The van der Waals surface area contributed by atoms with Crippen LogP contribution in [-0.2, 0) is 5.41 Å². The van der Waals surface area contributed by atoms with Gasteiger partial charge in [-0.2, -0.15) is 0 Å². The van der Waals surface area contributed by atoms with E-state index in [2.05, 4.69) is 24.2 Å². The molecule has 2 rings (SSSR count). The van der Waals surface area contributed by atoms with E-state index in [1.165, 1.54) is 0 Å². The summed E-state index contributed by atoms with van der Waals surface area (Å²) in [6.45, 7) is 4.70. The van der Waals surface area contributed by atoms with Gasteiger partial charge in [-0.05, 0) is 23.8 Å². The number of nitrogens with one attached hydrogen (secondary N) is 1. The van der Waals surface area contributed by atoms with Gasteiger partial charge in [-0.1, -0.05) is 55.8 Å². The number of benzene rings is 2. The minimum Gasteiger partial charge on any atom is -0.495 e. The first-order chi connectivity index (χ1) is 10.9. The first-order valence-electron chi connectivity index (χ1n) is 7.39. The fourth-order valence-electron chi connectivity index (χ4n) is 2.30. The number of nitrogens with two attached hydrogens (primary N) is 1. The highest BCUT2D eigenvalue weighted by atomic mass is 35.5. The number of nitrogens with zero attached hydrogens (tertiary/aromatic N) is 1. The molecule has 0 spiro atoms. The van der Waals surface area contributed by atoms with Crippen molar-refractivity contribution in [3.8, 4) is 5.75 Å². The van der Waals surface area contributed by atoms with Crippen LogP contribution in [0.3, 0.4) is 0 Å². The van der Waals surface area contributed by atoms with Crippen molar-refractivity contribution in [2.24, 2.45) is 10.7 Å². The van der Waals surface area contributed by atoms with Crippen molar-refractivity contribution in [2.75, 3.05) is 19.0 Å². The van der Waals surface area contributed by atoms with Crippen LogP contribution in [0, 0.1) is 0 Å². The molecule has 2 aromatic carbocycles. The smallest absolute Gasteiger partial charge is 0.193 e. The molecule has 0 fully saturated rings. The molecular weight excluding hydrogens is 310 g/mol. The van der Waals surface area contributed by atoms with E-state index in [1.54, 1.807) is 7.11 Å². The van der Waals surface area contributed by atoms with E-state index >= 15 is 0 Å². The molecule has 0 atom stereocenters. The molecular formula is C18H22ClN3O. The van der Waals surface area contributed by atoms with Gasteiger partial charge >= 0.3 is 0 Å². The lowest BCUT2D eigenvalue weighted by molar-refractivity contribution is 0.417. The molecule has 0 heterocycles. The Morgan fingerprint density at radius 2 is 1.83 bits per heavy atom. The van der Waals surface area contributed by atoms with Gasteiger partial charge in [0.1, 0.15) is 5.75 Å². The Bertz CT molecular complexity index is 698. The van der Waals surface area contributed by atoms with Crippen molar-refractivity contribution < 1.29 is 4.74 Å². The lowest BCUT2D eigenvalue weighted by Crippen LogP contribution is -2.28. The van der Waals surface area contributed by atoms with Crippen LogP contribution < -0.4 is 15.8 Å². The molecule has 2 aromatic rings. The summed E-state index contributed by atoms with van der Waals surface area (Å²) in [5.74, 6) is 1.06. The summed E-state index contributed by atoms with van der Waals surface area (Å²) in [7, 11) is 1.62. The monoisotopic (exact) mass is 331 g/mol. The highest BCUT2D eigenvalue weighted by Crippen LogP contribution is 2.30. The Balaban J connectivity index is 2.11. The minimum absolute atomic E-state index is 0.217. The second-order valence-electron chi connectivity index (χ2n) is 5.89. The zero-order valence-corrected chi connectivity index (χ0v) is 14.4. The minimum atomic E-state index is -0.217. The molecule has 0 aliphatic carbocycles. The number of methoxy groups -OCH3 is 1. The van der Waals surface area contributed by atoms with Gasteiger partial charge in [0.2, 0.25) is 0 Å². The van der Waals surface area contributed by atoms with Crippen molar-refractivity contribution in [3.05, 3.63) is 59.1 Å². The van der Waals surface area contributed by atoms with Crippen molar-refractivity contribution in [3.63, 3.8) is 0 Å². The van der Waals surface area contributed by atoms with Gasteiger partial charge in [-0.3, -0.25) is 4.99 Å². The molecule has 5 heteroatoms. The summed E-state index contributed by atoms with van der Waals surface area (Å²) in [5.41, 5.74) is 7.62. The summed E-state index contributed by atoms with van der Waals surface area (Å²) < 4.78 is 5.29. The Kier molecular flexibility index (Phi) is 5.50. The van der Waals surface area contributed by atoms with Gasteiger partial charge in [0.25, 0.3) is 0 Å². The topological polar surface area (TPSA) is 59.6 Å². The first-order valence-corrected chi connectivity index (χ1v) is 7.77. The third kappa shape index (κ3) is 4.39. The Morgan fingerprint density at radius 1 is 1.17 bits per heavy atom. The molecule has 23 heavy (non-hydrogen) atoms. The molecule has 0 radical (unpaired) electrons. The quantitative estimate of drug-likeness (QED) is 0.641. The second-order valence-corrected chi connectivity index (χ2v) is 6.30. The van der Waals surface area contributed by atoms with Crippen LogP contribution in [0.4, 0.5) is 5.69 Å². The molecule has 0 bridgehead atoms. The second kappa shape index (κ2) is 7.38. The molecule has 0 aromatic heterocycles. The number of hydrogen-bond donors (Lipinski definition) is 2. The van der Waals surface area contributed by atoms with Crippen molar-refractivity contribution in [1.82, 2.24) is 0 Å². The number of ether oxygens (including phenoxy) is 1. The molecule has 4 nitrogen and oxygen atoms in total. The van der Waals surface area contributed by atoms with Gasteiger partial charge in [0, 0.05) is 10.4 Å². The van der Waals surface area contributed by atoms with E-state index in [0.717, 1.165) is 22.0 Å². The molecule has 0 aliphatic rings. The molecule has 122 valence electrons. The fraction of sp³-hybridized carbons (Fsp3) is 0.278. The van der Waals surface area contributed by atoms with E-state index in [1.807, 2.05) is 48.5 Å². The van der Waals surface area contributed by atoms with E-state index in [0.29, 0.717) is 12.5 Å². The Morgan fingerprint density at radius 3 is 2.52 bits per heavy atom. The molecule has 0 saturated heterocycles. The third-order valence-electron chi connectivity index (χ3n) is 3.62. The summed E-state index contributed by atoms with van der Waals surface area (Å²) in [4.78, 5) is 4.45. The summed E-state index contributed by atoms with van der Waals surface area (Å²) in [6, 6.07) is 15.4. The van der Waals surface area contributed by atoms with Gasteiger partial charge < -0.3 is 15.8 Å². The SMILES string of the molecule is COc1ccccc1NC(N)=NCC(C)(C)c1ccccc1Cl. The number of guanidine groups is 1. The van der Waals surface area contributed by atoms with E-state index < -0.39 is 0 Å². The molecule has 0 aliphatic heterocycles. The highest BCUT2D eigenvalue weighted by molar-refractivity contribution is 6.31. The number of anilines is 1. The van der Waals surface area contributed by atoms with E-state index in [-0.39, 0.29) is 5.41 Å². The maximum atomic E-state index is 6.28. The van der Waals surface area contributed by atoms with Crippen molar-refractivity contribution in [1.29, 1.82) is 0 Å². The van der Waals surface area contributed by atoms with Gasteiger partial charge in [0.15, 0.2) is 5.96 Å². The molecule has 0 amide bonds. The fourth-order valence-corrected chi connectivity index (χ4v) is 2.69. The van der Waals surface area contributed by atoms with Crippen LogP contribution in [-0.4, -0.2) is 19.6 Å². The maximum absolute atomic E-state index is 6.28. The largest absolute Gasteiger partial charge is 0.495 e. The van der Waals surface area contributed by atoms with Gasteiger partial charge in [-0.15, -0.1) is 0 Å². The number of para-hydroxylation sites is 2. The van der Waals surface area contributed by atoms with Crippen LogP contribution in [0.5, 0.6) is 5.75 Å². The highest BCUT2D eigenvalue weighted by Gasteiger charge is 2.22. The summed E-state index contributed by atoms with van der Waals surface area (Å²) in [5, 5.41) is 3.81. The Hall–Kier alpha value is -2.20. The molecule has 3 N–H and O–H groups in total. The third-order valence-corrected chi connectivity index (χ3v) is 3.95. The average Bonchev–Trinajstić information content (AvgIpc) is 2.54. The number of aliphatic imine (C=N–C) groups is 1. The standard InChI is InChI=1S/C18H22ClN3O/c1-18(2,13-8-4-5-9-14(13)19)12-21-17(20)22-15-10-6-7-11-16(15)23-3/h4-11H,12H2,1-3H3,(H3,20,21,22). The number of halogens is 1. The zero-order valence-electron chi connectivity index (χ0n) is 13.6. The average molecular weight is 332 g/mol. The van der Waals surface area contributed by atoms with Crippen molar-refractivity contribution >= 4 is 23.2 Å². The normalized spacial score (nSPS) is 12.1. The van der Waals surface area contributed by atoms with E-state index in [4.69, 9.17) is 22.1 Å². The van der Waals surface area contributed by atoms with Gasteiger partial charge in [-0.25, -0.2) is 0 Å². The van der Waals surface area contributed by atoms with Crippen LogP contribution in [0.25, 0.3) is 0 Å². The zero-order chi connectivity index (χ0) is 16.9.